The summed E-state index contributed by atoms with van der Waals surface area (Å²) in [5, 5.41) is 16.8. The Balaban J connectivity index is 2.78. The van der Waals surface area contributed by atoms with Gasteiger partial charge in [-0.1, -0.05) is 0 Å². The molecule has 6 heteroatoms. The average molecular weight is 218 g/mol. The number of β-amino-alcohol motifs (C(OH)–C–C–N with tert-alkyl or cyclic N) is 1. The van der Waals surface area contributed by atoms with Gasteiger partial charge in [-0.3, -0.25) is 0 Å². The monoisotopic (exact) mass is 218 g/mol. The van der Waals surface area contributed by atoms with Crippen LogP contribution in [0.15, 0.2) is 0 Å². The zero-order chi connectivity index (χ0) is 10.8. The fourth-order valence-electron chi connectivity index (χ4n) is 1.44. The number of aliphatic hydroxyl groups is 1. The van der Waals surface area contributed by atoms with Crippen molar-refractivity contribution in [1.82, 2.24) is 4.31 Å². The summed E-state index contributed by atoms with van der Waals surface area (Å²) in [6.07, 6.45) is 0.690. The first-order valence-corrected chi connectivity index (χ1v) is 6.05. The topological polar surface area (TPSA) is 81.4 Å². The Bertz CT molecular complexity index is 333. The number of nitriles is 1. The van der Waals surface area contributed by atoms with E-state index < -0.39 is 21.4 Å². The van der Waals surface area contributed by atoms with Crippen LogP contribution in [0.2, 0.25) is 0 Å². The molecule has 0 aromatic carbocycles. The Morgan fingerprint density at radius 1 is 1.64 bits per heavy atom. The van der Waals surface area contributed by atoms with E-state index in [0.717, 1.165) is 0 Å². The molecule has 0 radical (unpaired) electrons. The van der Waals surface area contributed by atoms with Crippen molar-refractivity contribution in [3.63, 3.8) is 0 Å². The number of sulfonamides is 1. The summed E-state index contributed by atoms with van der Waals surface area (Å²) < 4.78 is 24.5. The largest absolute Gasteiger partial charge is 0.392 e. The van der Waals surface area contributed by atoms with E-state index in [0.29, 0.717) is 19.4 Å². The minimum absolute atomic E-state index is 0.119. The van der Waals surface area contributed by atoms with Crippen LogP contribution in [0.3, 0.4) is 0 Å². The van der Waals surface area contributed by atoms with Crippen LogP contribution >= 0.6 is 0 Å². The first kappa shape index (κ1) is 11.4. The zero-order valence-corrected chi connectivity index (χ0v) is 8.87. The molecule has 1 fully saturated rings. The van der Waals surface area contributed by atoms with Crippen molar-refractivity contribution < 1.29 is 13.5 Å². The van der Waals surface area contributed by atoms with Crippen LogP contribution in [0.5, 0.6) is 0 Å². The molecule has 1 N–H and O–H groups in total. The second-order valence-corrected chi connectivity index (χ2v) is 5.72. The smallest absolute Gasteiger partial charge is 0.230 e. The van der Waals surface area contributed by atoms with E-state index >= 15 is 0 Å². The molecule has 0 saturated carbocycles. The van der Waals surface area contributed by atoms with Gasteiger partial charge < -0.3 is 5.11 Å². The number of piperidine rings is 1. The standard InChI is InChI=1S/C8H14N2O3S/c1-7(5-9)14(12,13)10-4-2-3-8(11)6-10/h7-8,11H,2-4,6H2,1H3/t7?,8-/m0/s1. The highest BCUT2D eigenvalue weighted by molar-refractivity contribution is 7.89. The summed E-state index contributed by atoms with van der Waals surface area (Å²) in [4.78, 5) is 0. The summed E-state index contributed by atoms with van der Waals surface area (Å²) in [5.41, 5.74) is 0. The lowest BCUT2D eigenvalue weighted by Crippen LogP contribution is -2.45. The maximum Gasteiger partial charge on any atom is 0.230 e. The summed E-state index contributed by atoms with van der Waals surface area (Å²) in [5.74, 6) is 0. The maximum absolute atomic E-state index is 11.7. The maximum atomic E-state index is 11.7. The van der Waals surface area contributed by atoms with Gasteiger partial charge in [-0.25, -0.2) is 8.42 Å². The van der Waals surface area contributed by atoms with Crippen molar-refractivity contribution in [2.45, 2.75) is 31.1 Å². The second kappa shape index (κ2) is 4.26. The Morgan fingerprint density at radius 3 is 2.79 bits per heavy atom. The highest BCUT2D eigenvalue weighted by Crippen LogP contribution is 2.16. The molecule has 0 aromatic rings. The fraction of sp³-hybridized carbons (Fsp3) is 0.875. The van der Waals surface area contributed by atoms with Crippen molar-refractivity contribution in [1.29, 1.82) is 5.26 Å². The van der Waals surface area contributed by atoms with E-state index in [1.54, 1.807) is 6.07 Å². The van der Waals surface area contributed by atoms with Gasteiger partial charge in [0, 0.05) is 13.1 Å². The molecule has 1 aliphatic rings. The third-order valence-electron chi connectivity index (χ3n) is 2.35. The van der Waals surface area contributed by atoms with E-state index in [1.807, 2.05) is 0 Å². The van der Waals surface area contributed by atoms with Gasteiger partial charge in [-0.05, 0) is 19.8 Å². The number of rotatable bonds is 2. The molecular weight excluding hydrogens is 204 g/mol. The Hall–Kier alpha value is -0.640. The third-order valence-corrected chi connectivity index (χ3v) is 4.40. The third kappa shape index (κ3) is 2.23. The van der Waals surface area contributed by atoms with Crippen molar-refractivity contribution in [2.75, 3.05) is 13.1 Å². The van der Waals surface area contributed by atoms with Gasteiger partial charge >= 0.3 is 0 Å². The van der Waals surface area contributed by atoms with E-state index in [1.165, 1.54) is 11.2 Å². The van der Waals surface area contributed by atoms with Gasteiger partial charge in [-0.2, -0.15) is 9.57 Å². The molecule has 1 aliphatic heterocycles. The first-order chi connectivity index (χ1) is 6.48. The van der Waals surface area contributed by atoms with Crippen LogP contribution in [0.1, 0.15) is 19.8 Å². The van der Waals surface area contributed by atoms with Crippen molar-refractivity contribution >= 4 is 10.0 Å². The molecule has 0 aromatic heterocycles. The molecule has 14 heavy (non-hydrogen) atoms. The van der Waals surface area contributed by atoms with Crippen LogP contribution < -0.4 is 0 Å². The lowest BCUT2D eigenvalue weighted by Gasteiger charge is -2.29. The van der Waals surface area contributed by atoms with Gasteiger partial charge in [0.15, 0.2) is 5.25 Å². The molecule has 0 aliphatic carbocycles. The molecule has 1 rings (SSSR count). The molecule has 1 unspecified atom stereocenters. The van der Waals surface area contributed by atoms with Gasteiger partial charge in [0.2, 0.25) is 10.0 Å². The average Bonchev–Trinajstić information content (AvgIpc) is 2.16. The van der Waals surface area contributed by atoms with E-state index in [2.05, 4.69) is 0 Å². The van der Waals surface area contributed by atoms with E-state index in [-0.39, 0.29) is 6.54 Å². The van der Waals surface area contributed by atoms with Crippen LogP contribution in [-0.4, -0.2) is 42.3 Å². The summed E-state index contributed by atoms with van der Waals surface area (Å²) in [7, 11) is -3.53. The van der Waals surface area contributed by atoms with E-state index in [9.17, 15) is 13.5 Å². The van der Waals surface area contributed by atoms with Crippen LogP contribution in [-0.2, 0) is 10.0 Å². The van der Waals surface area contributed by atoms with Gasteiger partial charge in [0.1, 0.15) is 0 Å². The molecule has 1 saturated heterocycles. The second-order valence-electron chi connectivity index (χ2n) is 3.47. The molecule has 0 spiro atoms. The quantitative estimate of drug-likeness (QED) is 0.689. The van der Waals surface area contributed by atoms with Crippen LogP contribution in [0.4, 0.5) is 0 Å². The summed E-state index contributed by atoms with van der Waals surface area (Å²) >= 11 is 0. The Kier molecular flexibility index (Phi) is 3.48. The first-order valence-electron chi connectivity index (χ1n) is 4.55. The number of hydrogen-bond donors (Lipinski definition) is 1. The highest BCUT2D eigenvalue weighted by Gasteiger charge is 2.32. The predicted molar refractivity (Wildman–Crippen MR) is 50.8 cm³/mol. The SMILES string of the molecule is CC(C#N)S(=O)(=O)N1CCC[C@H](O)C1. The zero-order valence-electron chi connectivity index (χ0n) is 8.05. The Morgan fingerprint density at radius 2 is 2.29 bits per heavy atom. The molecule has 2 atom stereocenters. The Labute approximate surface area is 84.0 Å². The predicted octanol–water partition coefficient (Wildman–Crippen LogP) is -0.315. The van der Waals surface area contributed by atoms with Crippen molar-refractivity contribution in [3.8, 4) is 6.07 Å². The number of nitrogens with zero attached hydrogens (tertiary/aromatic N) is 2. The molecule has 5 nitrogen and oxygen atoms in total. The number of hydrogen-bond acceptors (Lipinski definition) is 4. The summed E-state index contributed by atoms with van der Waals surface area (Å²) in [6.45, 7) is 1.89. The lowest BCUT2D eigenvalue weighted by molar-refractivity contribution is 0.108. The van der Waals surface area contributed by atoms with Gasteiger partial charge in [0.25, 0.3) is 0 Å². The van der Waals surface area contributed by atoms with Gasteiger partial charge in [-0.15, -0.1) is 0 Å². The molecule has 0 amide bonds. The van der Waals surface area contributed by atoms with Crippen molar-refractivity contribution in [2.24, 2.45) is 0 Å². The number of aliphatic hydroxyl groups excluding tert-OH is 1. The van der Waals surface area contributed by atoms with Crippen molar-refractivity contribution in [3.05, 3.63) is 0 Å². The molecule has 80 valence electrons. The molecule has 1 heterocycles. The molecule has 0 bridgehead atoms. The van der Waals surface area contributed by atoms with Gasteiger partial charge in [0.05, 0.1) is 12.2 Å². The highest BCUT2D eigenvalue weighted by atomic mass is 32.2. The normalized spacial score (nSPS) is 26.8. The molecular formula is C8H14N2O3S. The van der Waals surface area contributed by atoms with E-state index in [4.69, 9.17) is 5.26 Å². The van der Waals surface area contributed by atoms with Crippen LogP contribution in [0.25, 0.3) is 0 Å². The van der Waals surface area contributed by atoms with Crippen LogP contribution in [0, 0.1) is 11.3 Å². The minimum Gasteiger partial charge on any atom is -0.392 e. The summed E-state index contributed by atoms with van der Waals surface area (Å²) in [6, 6.07) is 1.71. The minimum atomic E-state index is -3.53. The lowest BCUT2D eigenvalue weighted by atomic mass is 10.1. The fourth-order valence-corrected chi connectivity index (χ4v) is 2.79.